The van der Waals surface area contributed by atoms with Gasteiger partial charge in [-0.3, -0.25) is 24.4 Å². The van der Waals surface area contributed by atoms with Crippen molar-refractivity contribution in [2.75, 3.05) is 25.9 Å². The van der Waals surface area contributed by atoms with Crippen LogP contribution in [0.4, 0.5) is 5.69 Å². The third-order valence-electron chi connectivity index (χ3n) is 5.05. The zero-order valence-electron chi connectivity index (χ0n) is 16.3. The van der Waals surface area contributed by atoms with Gasteiger partial charge in [-0.2, -0.15) is 5.10 Å². The van der Waals surface area contributed by atoms with Gasteiger partial charge in [-0.15, -0.1) is 11.8 Å². The van der Waals surface area contributed by atoms with Crippen molar-refractivity contribution >= 4 is 29.3 Å². The molecule has 0 spiro atoms. The van der Waals surface area contributed by atoms with E-state index in [0.717, 1.165) is 17.7 Å². The molecule has 1 saturated heterocycles. The summed E-state index contributed by atoms with van der Waals surface area (Å²) in [5.41, 5.74) is 0.477. The number of nitro benzene ring substituents is 1. The molecule has 2 amide bonds. The summed E-state index contributed by atoms with van der Waals surface area (Å²) in [6.07, 6.45) is 6.50. The number of benzene rings is 1. The van der Waals surface area contributed by atoms with Crippen LogP contribution >= 0.6 is 11.8 Å². The highest BCUT2D eigenvalue weighted by atomic mass is 32.2. The molecule has 0 radical (unpaired) electrons. The minimum absolute atomic E-state index is 0.130. The number of likely N-dealkylation sites (tertiary alicyclic amines) is 1. The van der Waals surface area contributed by atoms with Gasteiger partial charge in [0.15, 0.2) is 0 Å². The zero-order chi connectivity index (χ0) is 21.0. The highest BCUT2D eigenvalue weighted by Crippen LogP contribution is 2.27. The molecule has 1 N–H and O–H groups in total. The molecule has 1 aromatic heterocycles. The molecule has 1 aliphatic rings. The number of aryl methyl sites for hydroxylation is 1. The molecule has 3 rings (SSSR count). The fourth-order valence-corrected chi connectivity index (χ4v) is 3.80. The van der Waals surface area contributed by atoms with E-state index in [9.17, 15) is 19.7 Å². The first kappa shape index (κ1) is 20.8. The molecule has 9 nitrogen and oxygen atoms in total. The van der Waals surface area contributed by atoms with Gasteiger partial charge < -0.3 is 10.2 Å². The highest BCUT2D eigenvalue weighted by Gasteiger charge is 2.28. The van der Waals surface area contributed by atoms with Crippen LogP contribution in [0.1, 0.15) is 33.6 Å². The summed E-state index contributed by atoms with van der Waals surface area (Å²) in [4.78, 5) is 38.3. The smallest absolute Gasteiger partial charge is 0.282 e. The largest absolute Gasteiger partial charge is 0.352 e. The number of rotatable bonds is 6. The van der Waals surface area contributed by atoms with E-state index in [1.54, 1.807) is 35.0 Å². The molecule has 0 aliphatic carbocycles. The minimum atomic E-state index is -0.516. The Morgan fingerprint density at radius 1 is 1.34 bits per heavy atom. The first-order valence-corrected chi connectivity index (χ1v) is 10.5. The Labute approximate surface area is 172 Å². The average molecular weight is 417 g/mol. The number of hydrogen-bond acceptors (Lipinski definition) is 6. The maximum Gasteiger partial charge on any atom is 0.282 e. The van der Waals surface area contributed by atoms with Crippen LogP contribution in [0.25, 0.3) is 0 Å². The maximum absolute atomic E-state index is 12.9. The highest BCUT2D eigenvalue weighted by molar-refractivity contribution is 7.98. The summed E-state index contributed by atoms with van der Waals surface area (Å²) >= 11 is 1.44. The molecular formula is C19H23N5O4S. The van der Waals surface area contributed by atoms with Crippen LogP contribution in [0.2, 0.25) is 0 Å². The Morgan fingerprint density at radius 3 is 2.66 bits per heavy atom. The first-order chi connectivity index (χ1) is 13.9. The number of aromatic nitrogens is 2. The lowest BCUT2D eigenvalue weighted by atomic mass is 9.96. The molecule has 0 bridgehead atoms. The second-order valence-electron chi connectivity index (χ2n) is 6.99. The predicted molar refractivity (Wildman–Crippen MR) is 109 cm³/mol. The fourth-order valence-electron chi connectivity index (χ4n) is 3.36. The quantitative estimate of drug-likeness (QED) is 0.439. The van der Waals surface area contributed by atoms with Crippen LogP contribution in [0.3, 0.4) is 0 Å². The molecule has 2 aromatic rings. The van der Waals surface area contributed by atoms with Gasteiger partial charge in [-0.05, 0) is 37.1 Å². The van der Waals surface area contributed by atoms with Crippen molar-refractivity contribution in [3.8, 4) is 0 Å². The second kappa shape index (κ2) is 9.08. The van der Waals surface area contributed by atoms with Gasteiger partial charge in [0.25, 0.3) is 17.5 Å². The Bertz CT molecular complexity index is 921. The maximum atomic E-state index is 12.9. The molecule has 29 heavy (non-hydrogen) atoms. The number of carbonyl (C=O) groups is 2. The minimum Gasteiger partial charge on any atom is -0.352 e. The summed E-state index contributed by atoms with van der Waals surface area (Å²) in [6, 6.07) is 4.63. The van der Waals surface area contributed by atoms with E-state index in [-0.39, 0.29) is 29.0 Å². The van der Waals surface area contributed by atoms with Crippen molar-refractivity contribution in [2.45, 2.75) is 17.7 Å². The molecule has 1 aliphatic heterocycles. The Kier molecular flexibility index (Phi) is 6.53. The predicted octanol–water partition coefficient (Wildman–Crippen LogP) is 2.33. The van der Waals surface area contributed by atoms with Crippen molar-refractivity contribution in [3.63, 3.8) is 0 Å². The summed E-state index contributed by atoms with van der Waals surface area (Å²) in [6.45, 7) is 1.54. The molecule has 10 heteroatoms. The number of nitrogens with one attached hydrogen (secondary N) is 1. The van der Waals surface area contributed by atoms with Gasteiger partial charge in [0.2, 0.25) is 0 Å². The van der Waals surface area contributed by atoms with Crippen molar-refractivity contribution in [1.82, 2.24) is 20.0 Å². The summed E-state index contributed by atoms with van der Waals surface area (Å²) in [5, 5.41) is 18.2. The van der Waals surface area contributed by atoms with Gasteiger partial charge in [0, 0.05) is 43.8 Å². The Hall–Kier alpha value is -2.88. The standard InChI is InChI=1S/C19H23N5O4S/c1-22-12-14(11-21-22)18(25)20-10-13-5-7-23(8-6-13)19(26)16-9-15(29-2)3-4-17(16)24(27)28/h3-4,9,11-13H,5-8,10H2,1-2H3,(H,20,25). The lowest BCUT2D eigenvalue weighted by Crippen LogP contribution is -2.41. The molecule has 0 atom stereocenters. The normalized spacial score (nSPS) is 14.6. The number of nitro groups is 1. The monoisotopic (exact) mass is 417 g/mol. The van der Waals surface area contributed by atoms with Crippen molar-refractivity contribution in [1.29, 1.82) is 0 Å². The van der Waals surface area contributed by atoms with Crippen molar-refractivity contribution in [3.05, 3.63) is 51.8 Å². The molecule has 1 fully saturated rings. The van der Waals surface area contributed by atoms with E-state index < -0.39 is 4.92 Å². The van der Waals surface area contributed by atoms with Crippen LogP contribution in [0.15, 0.2) is 35.5 Å². The SMILES string of the molecule is CSc1ccc([N+](=O)[O-])c(C(=O)N2CCC(CNC(=O)c3cnn(C)c3)CC2)c1. The van der Waals surface area contributed by atoms with Crippen molar-refractivity contribution < 1.29 is 14.5 Å². The number of amides is 2. The van der Waals surface area contributed by atoms with E-state index in [0.29, 0.717) is 25.2 Å². The summed E-state index contributed by atoms with van der Waals surface area (Å²) in [7, 11) is 1.75. The third kappa shape index (κ3) is 4.94. The van der Waals surface area contributed by atoms with E-state index >= 15 is 0 Å². The van der Waals surface area contributed by atoms with Gasteiger partial charge >= 0.3 is 0 Å². The average Bonchev–Trinajstić information content (AvgIpc) is 3.17. The van der Waals surface area contributed by atoms with E-state index in [2.05, 4.69) is 10.4 Å². The molecular weight excluding hydrogens is 394 g/mol. The summed E-state index contributed by atoms with van der Waals surface area (Å²) in [5.74, 6) is -0.223. The van der Waals surface area contributed by atoms with Crippen molar-refractivity contribution in [2.24, 2.45) is 13.0 Å². The molecule has 2 heterocycles. The van der Waals surface area contributed by atoms with Crippen LogP contribution in [0.5, 0.6) is 0 Å². The number of hydrogen-bond donors (Lipinski definition) is 1. The number of nitrogens with zero attached hydrogens (tertiary/aromatic N) is 4. The lowest BCUT2D eigenvalue weighted by Gasteiger charge is -2.32. The van der Waals surface area contributed by atoms with Gasteiger partial charge in [-0.1, -0.05) is 0 Å². The van der Waals surface area contributed by atoms with Crippen LogP contribution in [0, 0.1) is 16.0 Å². The van der Waals surface area contributed by atoms with Crippen LogP contribution in [-0.2, 0) is 7.05 Å². The van der Waals surface area contributed by atoms with E-state index in [4.69, 9.17) is 0 Å². The fraction of sp³-hybridized carbons (Fsp3) is 0.421. The van der Waals surface area contributed by atoms with E-state index in [1.807, 2.05) is 6.26 Å². The third-order valence-corrected chi connectivity index (χ3v) is 5.78. The van der Waals surface area contributed by atoms with Gasteiger partial charge in [0.1, 0.15) is 5.56 Å². The number of piperidine rings is 1. The van der Waals surface area contributed by atoms with Gasteiger partial charge in [-0.25, -0.2) is 0 Å². The molecule has 0 saturated carbocycles. The first-order valence-electron chi connectivity index (χ1n) is 9.27. The molecule has 154 valence electrons. The Morgan fingerprint density at radius 2 is 2.07 bits per heavy atom. The molecule has 1 aromatic carbocycles. The van der Waals surface area contributed by atoms with Gasteiger partial charge in [0.05, 0.1) is 16.7 Å². The topological polar surface area (TPSA) is 110 Å². The van der Waals surface area contributed by atoms with Crippen LogP contribution in [-0.4, -0.2) is 57.3 Å². The van der Waals surface area contributed by atoms with E-state index in [1.165, 1.54) is 24.0 Å². The number of carbonyl (C=O) groups excluding carboxylic acids is 2. The molecule has 0 unspecified atom stereocenters. The zero-order valence-corrected chi connectivity index (χ0v) is 17.1. The summed E-state index contributed by atoms with van der Waals surface area (Å²) < 4.78 is 1.57. The second-order valence-corrected chi connectivity index (χ2v) is 7.87. The Balaban J connectivity index is 1.57. The van der Waals surface area contributed by atoms with Crippen LogP contribution < -0.4 is 5.32 Å². The lowest BCUT2D eigenvalue weighted by molar-refractivity contribution is -0.385. The number of thioether (sulfide) groups is 1.